The van der Waals surface area contributed by atoms with Gasteiger partial charge in [0.1, 0.15) is 5.75 Å². The van der Waals surface area contributed by atoms with Crippen LogP contribution in [0, 0.1) is 10.1 Å². The van der Waals surface area contributed by atoms with E-state index in [1.54, 1.807) is 24.3 Å². The fourth-order valence-electron chi connectivity index (χ4n) is 1.58. The minimum absolute atomic E-state index is 0.115. The third-order valence-corrected chi connectivity index (χ3v) is 3.64. The van der Waals surface area contributed by atoms with Crippen molar-refractivity contribution in [2.75, 3.05) is 6.61 Å². The summed E-state index contributed by atoms with van der Waals surface area (Å²) in [5.74, 6) is -0.386. The molecule has 6 nitrogen and oxygen atoms in total. The zero-order valence-corrected chi connectivity index (χ0v) is 14.2. The van der Waals surface area contributed by atoms with Crippen molar-refractivity contribution in [1.29, 1.82) is 0 Å². The third-order valence-electron chi connectivity index (χ3n) is 2.53. The predicted octanol–water partition coefficient (Wildman–Crippen LogP) is 4.10. The summed E-state index contributed by atoms with van der Waals surface area (Å²) in [5, 5.41) is 10.8. The van der Waals surface area contributed by atoms with E-state index >= 15 is 0 Å². The van der Waals surface area contributed by atoms with Crippen LogP contribution in [0.3, 0.4) is 0 Å². The van der Waals surface area contributed by atoms with Crippen LogP contribution in [0.2, 0.25) is 0 Å². The van der Waals surface area contributed by atoms with Gasteiger partial charge in [-0.3, -0.25) is 10.1 Å². The van der Waals surface area contributed by atoms with E-state index in [0.29, 0.717) is 10.2 Å². The van der Waals surface area contributed by atoms with E-state index in [9.17, 15) is 14.9 Å². The molecule has 0 aliphatic carbocycles. The summed E-state index contributed by atoms with van der Waals surface area (Å²) in [6, 6.07) is 10.8. The molecule has 2 aromatic carbocycles. The second kappa shape index (κ2) is 7.37. The quantitative estimate of drug-likeness (QED) is 0.308. The van der Waals surface area contributed by atoms with Crippen molar-refractivity contribution in [3.63, 3.8) is 0 Å². The van der Waals surface area contributed by atoms with Crippen LogP contribution in [0.1, 0.15) is 0 Å². The van der Waals surface area contributed by atoms with Gasteiger partial charge in [-0.05, 0) is 40.2 Å². The van der Waals surface area contributed by atoms with E-state index in [4.69, 9.17) is 9.47 Å². The minimum Gasteiger partial charge on any atom is -0.481 e. The van der Waals surface area contributed by atoms with Gasteiger partial charge in [-0.15, -0.1) is 0 Å². The fraction of sp³-hybridized carbons (Fsp3) is 0.0714. The van der Waals surface area contributed by atoms with Crippen molar-refractivity contribution < 1.29 is 19.2 Å². The summed E-state index contributed by atoms with van der Waals surface area (Å²) in [5.41, 5.74) is -0.277. The molecule has 0 bridgehead atoms. The molecule has 0 spiro atoms. The topological polar surface area (TPSA) is 78.7 Å². The number of ether oxygens (including phenoxy) is 2. The van der Waals surface area contributed by atoms with Gasteiger partial charge in [0.2, 0.25) is 5.75 Å². The molecule has 0 aliphatic rings. The molecule has 0 aromatic heterocycles. The standard InChI is InChI=1S/C14H9Br2NO5/c15-9-5-6-12(10(16)7-9)21-8-14(18)22-13-4-2-1-3-11(13)17(19)20/h1-7H,8H2. The Balaban J connectivity index is 2.00. The largest absolute Gasteiger partial charge is 0.481 e. The average molecular weight is 431 g/mol. The number of nitro groups is 1. The maximum atomic E-state index is 11.7. The predicted molar refractivity (Wildman–Crippen MR) is 86.1 cm³/mol. The number of carbonyl (C=O) groups excluding carboxylic acids is 1. The van der Waals surface area contributed by atoms with E-state index in [0.717, 1.165) is 4.47 Å². The smallest absolute Gasteiger partial charge is 0.349 e. The van der Waals surface area contributed by atoms with Gasteiger partial charge in [-0.25, -0.2) is 4.79 Å². The first-order valence-electron chi connectivity index (χ1n) is 5.99. The molecule has 2 rings (SSSR count). The molecule has 8 heteroatoms. The summed E-state index contributed by atoms with van der Waals surface area (Å²) >= 11 is 6.60. The third kappa shape index (κ3) is 4.28. The number of nitrogens with zero attached hydrogens (tertiary/aromatic N) is 1. The lowest BCUT2D eigenvalue weighted by Crippen LogP contribution is -2.18. The van der Waals surface area contributed by atoms with Crippen LogP contribution in [0.25, 0.3) is 0 Å². The number of benzene rings is 2. The van der Waals surface area contributed by atoms with Crippen molar-refractivity contribution in [3.05, 3.63) is 61.5 Å². The van der Waals surface area contributed by atoms with Crippen LogP contribution in [0.15, 0.2) is 51.4 Å². The molecule has 22 heavy (non-hydrogen) atoms. The van der Waals surface area contributed by atoms with E-state index in [1.807, 2.05) is 0 Å². The first kappa shape index (κ1) is 16.4. The zero-order valence-electron chi connectivity index (χ0n) is 11.0. The van der Waals surface area contributed by atoms with Gasteiger partial charge < -0.3 is 9.47 Å². The number of esters is 1. The number of rotatable bonds is 5. The Labute approximate surface area is 142 Å². The van der Waals surface area contributed by atoms with Crippen LogP contribution in [0.4, 0.5) is 5.69 Å². The highest BCUT2D eigenvalue weighted by Gasteiger charge is 2.17. The summed E-state index contributed by atoms with van der Waals surface area (Å²) in [6.07, 6.45) is 0. The Morgan fingerprint density at radius 3 is 2.55 bits per heavy atom. The maximum absolute atomic E-state index is 11.7. The molecule has 0 atom stereocenters. The second-order valence-corrected chi connectivity index (χ2v) is 5.83. The summed E-state index contributed by atoms with van der Waals surface area (Å²) in [6.45, 7) is -0.369. The zero-order chi connectivity index (χ0) is 16.1. The second-order valence-electron chi connectivity index (χ2n) is 4.06. The van der Waals surface area contributed by atoms with Crippen molar-refractivity contribution >= 4 is 43.5 Å². The normalized spacial score (nSPS) is 10.1. The fourth-order valence-corrected chi connectivity index (χ4v) is 2.74. The molecular weight excluding hydrogens is 422 g/mol. The maximum Gasteiger partial charge on any atom is 0.349 e. The van der Waals surface area contributed by atoms with Crippen LogP contribution in [0.5, 0.6) is 11.5 Å². The minimum atomic E-state index is -0.732. The highest BCUT2D eigenvalue weighted by Crippen LogP contribution is 2.29. The molecule has 0 heterocycles. The SMILES string of the molecule is O=C(COc1ccc(Br)cc1Br)Oc1ccccc1[N+](=O)[O-]. The van der Waals surface area contributed by atoms with Gasteiger partial charge in [-0.2, -0.15) is 0 Å². The van der Waals surface area contributed by atoms with Gasteiger partial charge in [0.25, 0.3) is 0 Å². The molecule has 0 fully saturated rings. The molecule has 0 saturated heterocycles. The lowest BCUT2D eigenvalue weighted by molar-refractivity contribution is -0.385. The Kier molecular flexibility index (Phi) is 5.51. The van der Waals surface area contributed by atoms with Crippen molar-refractivity contribution in [3.8, 4) is 11.5 Å². The van der Waals surface area contributed by atoms with Gasteiger partial charge in [0.15, 0.2) is 6.61 Å². The Morgan fingerprint density at radius 1 is 1.14 bits per heavy atom. The summed E-state index contributed by atoms with van der Waals surface area (Å²) in [4.78, 5) is 22.0. The highest BCUT2D eigenvalue weighted by molar-refractivity contribution is 9.11. The van der Waals surface area contributed by atoms with Gasteiger partial charge in [-0.1, -0.05) is 28.1 Å². The molecule has 114 valence electrons. The number of para-hydroxylation sites is 2. The first-order chi connectivity index (χ1) is 10.5. The molecule has 0 unspecified atom stereocenters. The number of hydrogen-bond donors (Lipinski definition) is 0. The van der Waals surface area contributed by atoms with Gasteiger partial charge >= 0.3 is 11.7 Å². The van der Waals surface area contributed by atoms with Crippen molar-refractivity contribution in [2.24, 2.45) is 0 Å². The highest BCUT2D eigenvalue weighted by atomic mass is 79.9. The Bertz CT molecular complexity index is 720. The Hall–Kier alpha value is -1.93. The lowest BCUT2D eigenvalue weighted by atomic mass is 10.3. The molecule has 0 aliphatic heterocycles. The number of carbonyl (C=O) groups is 1. The monoisotopic (exact) mass is 429 g/mol. The van der Waals surface area contributed by atoms with E-state index < -0.39 is 10.9 Å². The molecule has 0 N–H and O–H groups in total. The summed E-state index contributed by atoms with van der Waals surface area (Å²) < 4.78 is 11.8. The number of hydrogen-bond acceptors (Lipinski definition) is 5. The average Bonchev–Trinajstić information content (AvgIpc) is 2.46. The number of halogens is 2. The molecular formula is C14H9Br2NO5. The summed E-state index contributed by atoms with van der Waals surface area (Å²) in [7, 11) is 0. The van der Waals surface area contributed by atoms with Crippen LogP contribution < -0.4 is 9.47 Å². The molecule has 0 radical (unpaired) electrons. The van der Waals surface area contributed by atoms with Gasteiger partial charge in [0.05, 0.1) is 9.40 Å². The molecule has 0 saturated carbocycles. The number of nitro benzene ring substituents is 1. The first-order valence-corrected chi connectivity index (χ1v) is 7.58. The van der Waals surface area contributed by atoms with Crippen LogP contribution >= 0.6 is 31.9 Å². The van der Waals surface area contributed by atoms with Crippen molar-refractivity contribution in [2.45, 2.75) is 0 Å². The van der Waals surface area contributed by atoms with Crippen LogP contribution in [-0.4, -0.2) is 17.5 Å². The van der Waals surface area contributed by atoms with E-state index in [1.165, 1.54) is 18.2 Å². The van der Waals surface area contributed by atoms with E-state index in [-0.39, 0.29) is 18.0 Å². The molecule has 0 amide bonds. The van der Waals surface area contributed by atoms with Gasteiger partial charge in [0, 0.05) is 10.5 Å². The molecule has 2 aromatic rings. The van der Waals surface area contributed by atoms with Crippen molar-refractivity contribution in [1.82, 2.24) is 0 Å². The van der Waals surface area contributed by atoms with Crippen LogP contribution in [-0.2, 0) is 4.79 Å². The Morgan fingerprint density at radius 2 is 1.86 bits per heavy atom. The lowest BCUT2D eigenvalue weighted by Gasteiger charge is -2.08. The van der Waals surface area contributed by atoms with E-state index in [2.05, 4.69) is 31.9 Å².